The highest BCUT2D eigenvalue weighted by Crippen LogP contribution is 2.22. The van der Waals surface area contributed by atoms with Crippen molar-refractivity contribution in [3.8, 4) is 0 Å². The van der Waals surface area contributed by atoms with E-state index in [1.54, 1.807) is 20.8 Å². The molecule has 240 valence electrons. The van der Waals surface area contributed by atoms with Gasteiger partial charge in [-0.1, -0.05) is 96.1 Å². The van der Waals surface area contributed by atoms with E-state index in [1.165, 1.54) is 96.3 Å². The molecule has 0 aliphatic heterocycles. The van der Waals surface area contributed by atoms with E-state index in [0.29, 0.717) is 6.54 Å². The predicted molar refractivity (Wildman–Crippen MR) is 168 cm³/mol. The van der Waals surface area contributed by atoms with E-state index < -0.39 is 35.7 Å². The summed E-state index contributed by atoms with van der Waals surface area (Å²) in [5.41, 5.74) is 0. The highest BCUT2D eigenvalue weighted by Gasteiger charge is 2.38. The zero-order valence-electron chi connectivity index (χ0n) is 27.0. The lowest BCUT2D eigenvalue weighted by Crippen LogP contribution is -2.57. The van der Waals surface area contributed by atoms with Crippen LogP contribution in [0.4, 0.5) is 0 Å². The zero-order chi connectivity index (χ0) is 30.9. The topological polar surface area (TPSA) is 112 Å². The number of rotatable bonds is 29. The van der Waals surface area contributed by atoms with Gasteiger partial charge in [0.05, 0.1) is 26.2 Å². The number of hydrogen-bond acceptors (Lipinski definition) is 3. The van der Waals surface area contributed by atoms with E-state index in [-0.39, 0.29) is 24.1 Å². The van der Waals surface area contributed by atoms with Crippen molar-refractivity contribution in [1.29, 1.82) is 0 Å². The van der Waals surface area contributed by atoms with Crippen LogP contribution < -0.4 is 0 Å². The number of carboxylic acids is 3. The van der Waals surface area contributed by atoms with Crippen LogP contribution in [-0.4, -0.2) is 63.9 Å². The lowest BCUT2D eigenvalue weighted by atomic mass is 10.00. The lowest BCUT2D eigenvalue weighted by molar-refractivity contribution is -0.934. The molecule has 3 atom stereocenters. The Morgan fingerprint density at radius 1 is 0.512 bits per heavy atom. The number of quaternary nitrogens is 1. The van der Waals surface area contributed by atoms with Crippen molar-refractivity contribution in [2.45, 2.75) is 143 Å². The maximum atomic E-state index is 11.6. The van der Waals surface area contributed by atoms with E-state index in [9.17, 15) is 29.7 Å². The van der Waals surface area contributed by atoms with E-state index >= 15 is 0 Å². The summed E-state index contributed by atoms with van der Waals surface area (Å²) < 4.78 is 0.224. The minimum Gasteiger partial charge on any atom is -0.481 e. The molecule has 41 heavy (non-hydrogen) atoms. The molecule has 3 N–H and O–H groups in total. The molecule has 0 spiro atoms. The van der Waals surface area contributed by atoms with Gasteiger partial charge in [0.1, 0.15) is 17.8 Å². The standard InChI is InChI=1S/C34H63NO6/c1-5-6-7-8-9-10-11-12-13-14-15-16-17-18-19-20-21-22-23-24-25-35(26-29(2)32(36)37,27-30(3)33(38)39)28-31(4)34(40)41/h13-14,29-31H,5-12,15-28H2,1-4H3,(H2-,36,37,38,39,40,41)/p+1/b14-13+. The van der Waals surface area contributed by atoms with Gasteiger partial charge in [-0.2, -0.15) is 0 Å². The van der Waals surface area contributed by atoms with Gasteiger partial charge < -0.3 is 19.8 Å². The quantitative estimate of drug-likeness (QED) is 0.0463. The molecule has 0 saturated heterocycles. The lowest BCUT2D eigenvalue weighted by Gasteiger charge is -2.42. The summed E-state index contributed by atoms with van der Waals surface area (Å²) in [6.07, 6.45) is 27.1. The van der Waals surface area contributed by atoms with Crippen LogP contribution in [-0.2, 0) is 14.4 Å². The van der Waals surface area contributed by atoms with Crippen molar-refractivity contribution in [1.82, 2.24) is 0 Å². The number of aliphatic carboxylic acids is 3. The van der Waals surface area contributed by atoms with Gasteiger partial charge in [-0.05, 0) is 59.3 Å². The van der Waals surface area contributed by atoms with Gasteiger partial charge in [0.2, 0.25) is 0 Å². The molecule has 0 fully saturated rings. The third kappa shape index (κ3) is 21.5. The molecule has 3 unspecified atom stereocenters. The normalized spacial score (nSPS) is 15.4. The maximum Gasteiger partial charge on any atom is 0.311 e. The highest BCUT2D eigenvalue weighted by molar-refractivity contribution is 5.70. The molecule has 7 nitrogen and oxygen atoms in total. The van der Waals surface area contributed by atoms with Gasteiger partial charge in [-0.3, -0.25) is 14.4 Å². The Bertz CT molecular complexity index is 667. The Morgan fingerprint density at radius 2 is 0.805 bits per heavy atom. The molecule has 0 radical (unpaired) electrons. The van der Waals surface area contributed by atoms with Crippen molar-refractivity contribution in [3.05, 3.63) is 12.2 Å². The zero-order valence-corrected chi connectivity index (χ0v) is 27.0. The number of allylic oxidation sites excluding steroid dienone is 2. The third-order valence-electron chi connectivity index (χ3n) is 8.39. The van der Waals surface area contributed by atoms with Gasteiger partial charge in [-0.15, -0.1) is 0 Å². The van der Waals surface area contributed by atoms with Crippen molar-refractivity contribution < 1.29 is 34.2 Å². The van der Waals surface area contributed by atoms with Crippen LogP contribution in [0, 0.1) is 17.8 Å². The number of carbonyl (C=O) groups is 3. The predicted octanol–water partition coefficient (Wildman–Crippen LogP) is 8.56. The van der Waals surface area contributed by atoms with Crippen molar-refractivity contribution in [2.75, 3.05) is 26.2 Å². The summed E-state index contributed by atoms with van der Waals surface area (Å²) in [5, 5.41) is 28.6. The van der Waals surface area contributed by atoms with Gasteiger partial charge in [-0.25, -0.2) is 0 Å². The fourth-order valence-electron chi connectivity index (χ4n) is 5.88. The molecule has 0 amide bonds. The summed E-state index contributed by atoms with van der Waals surface area (Å²) in [5.74, 6) is -4.80. The van der Waals surface area contributed by atoms with Gasteiger partial charge in [0, 0.05) is 0 Å². The van der Waals surface area contributed by atoms with Crippen LogP contribution in [0.2, 0.25) is 0 Å². The molecule has 0 bridgehead atoms. The molecule has 0 aromatic rings. The first kappa shape index (κ1) is 39.1. The van der Waals surface area contributed by atoms with Gasteiger partial charge in [0.15, 0.2) is 0 Å². The Kier molecular flexibility index (Phi) is 23.5. The second-order valence-corrected chi connectivity index (χ2v) is 12.7. The smallest absolute Gasteiger partial charge is 0.311 e. The molecular formula is C34H64NO6+. The number of hydrogen-bond donors (Lipinski definition) is 3. The second-order valence-electron chi connectivity index (χ2n) is 12.7. The first-order chi connectivity index (χ1) is 19.5. The first-order valence-corrected chi connectivity index (χ1v) is 16.7. The molecule has 7 heteroatoms. The van der Waals surface area contributed by atoms with Crippen LogP contribution >= 0.6 is 0 Å². The van der Waals surface area contributed by atoms with Crippen LogP contribution in [0.25, 0.3) is 0 Å². The molecular weight excluding hydrogens is 518 g/mol. The van der Waals surface area contributed by atoms with Gasteiger partial charge in [0.25, 0.3) is 0 Å². The summed E-state index contributed by atoms with van der Waals surface area (Å²) in [4.78, 5) is 34.9. The highest BCUT2D eigenvalue weighted by atomic mass is 16.4. The van der Waals surface area contributed by atoms with Crippen LogP contribution in [0.15, 0.2) is 12.2 Å². The Hall–Kier alpha value is -1.89. The van der Waals surface area contributed by atoms with E-state index in [4.69, 9.17) is 0 Å². The summed E-state index contributed by atoms with van der Waals surface area (Å²) >= 11 is 0. The molecule has 0 rings (SSSR count). The SMILES string of the molecule is CCCCCCCCC/C=C/CCCCCCCCCCC[N+](CC(C)C(=O)O)(CC(C)C(=O)O)CC(C)C(=O)O. The molecule has 0 aromatic carbocycles. The van der Waals surface area contributed by atoms with E-state index in [0.717, 1.165) is 19.3 Å². The third-order valence-corrected chi connectivity index (χ3v) is 8.39. The van der Waals surface area contributed by atoms with Crippen molar-refractivity contribution >= 4 is 17.9 Å². The van der Waals surface area contributed by atoms with Crippen LogP contribution in [0.3, 0.4) is 0 Å². The Labute approximate surface area is 251 Å². The number of unbranched alkanes of at least 4 members (excludes halogenated alkanes) is 16. The average Bonchev–Trinajstić information content (AvgIpc) is 2.91. The van der Waals surface area contributed by atoms with Gasteiger partial charge >= 0.3 is 17.9 Å². The molecule has 0 aliphatic carbocycles. The molecule has 0 saturated carbocycles. The summed E-state index contributed by atoms with van der Waals surface area (Å²) in [6.45, 7) is 8.49. The number of carboxylic acid groups (broad SMARTS) is 3. The maximum absolute atomic E-state index is 11.6. The molecule has 0 heterocycles. The fourth-order valence-corrected chi connectivity index (χ4v) is 5.88. The van der Waals surface area contributed by atoms with Crippen LogP contribution in [0.5, 0.6) is 0 Å². The van der Waals surface area contributed by atoms with Crippen molar-refractivity contribution in [2.24, 2.45) is 17.8 Å². The minimum atomic E-state index is -0.932. The Balaban J connectivity index is 4.26. The Morgan fingerprint density at radius 3 is 1.12 bits per heavy atom. The second kappa shape index (κ2) is 24.7. The summed E-state index contributed by atoms with van der Waals surface area (Å²) in [6, 6.07) is 0. The molecule has 0 aliphatic rings. The largest absolute Gasteiger partial charge is 0.481 e. The minimum absolute atomic E-state index is 0.224. The first-order valence-electron chi connectivity index (χ1n) is 16.7. The number of nitrogens with zero attached hydrogens (tertiary/aromatic N) is 1. The van der Waals surface area contributed by atoms with Crippen molar-refractivity contribution in [3.63, 3.8) is 0 Å². The average molecular weight is 583 g/mol. The monoisotopic (exact) mass is 582 g/mol. The summed E-state index contributed by atoms with van der Waals surface area (Å²) in [7, 11) is 0. The molecule has 0 aromatic heterocycles. The van der Waals surface area contributed by atoms with E-state index in [2.05, 4.69) is 19.1 Å². The fraction of sp³-hybridized carbons (Fsp3) is 0.853. The van der Waals surface area contributed by atoms with Crippen LogP contribution in [0.1, 0.15) is 143 Å². The van der Waals surface area contributed by atoms with E-state index in [1.807, 2.05) is 0 Å².